The number of allylic oxidation sites excluding steroid dienone is 2. The standard InChI is InChI=1S/C29H28BNO5/c1-16(2)21-14-23-26(29(34)31(28(23)33)17-8-4-3-5-9-17)22-15-25(36-30(35)27(21)22)20-12-13-24(32)19-11-7-6-10-18(19)20/h3-13,16,22-23,25-26,32,35H,14-15H2,1-2H3/t22-,23-,25-,26+/m0/s1. The zero-order valence-electron chi connectivity index (χ0n) is 20.3. The van der Waals surface area contributed by atoms with Gasteiger partial charge < -0.3 is 14.8 Å². The van der Waals surface area contributed by atoms with E-state index in [9.17, 15) is 19.7 Å². The van der Waals surface area contributed by atoms with Crippen LogP contribution >= 0.6 is 0 Å². The lowest BCUT2D eigenvalue weighted by molar-refractivity contribution is -0.123. The maximum Gasteiger partial charge on any atom is 0.487 e. The molecule has 0 radical (unpaired) electrons. The van der Waals surface area contributed by atoms with Gasteiger partial charge in [0.15, 0.2) is 0 Å². The quantitative estimate of drug-likeness (QED) is 0.415. The molecule has 3 aromatic rings. The normalized spacial score (nSPS) is 26.1. The first-order valence-electron chi connectivity index (χ1n) is 12.6. The molecule has 2 fully saturated rings. The lowest BCUT2D eigenvalue weighted by Gasteiger charge is -2.43. The Labute approximate surface area is 210 Å². The van der Waals surface area contributed by atoms with Crippen LogP contribution in [0.25, 0.3) is 10.8 Å². The number of rotatable bonds is 3. The smallest absolute Gasteiger partial charge is 0.487 e. The van der Waals surface area contributed by atoms with Crippen LogP contribution in [0.5, 0.6) is 5.75 Å². The number of hydrogen-bond acceptors (Lipinski definition) is 5. The van der Waals surface area contributed by atoms with Crippen LogP contribution in [0.3, 0.4) is 0 Å². The highest BCUT2D eigenvalue weighted by Crippen LogP contribution is 2.53. The second kappa shape index (κ2) is 8.61. The van der Waals surface area contributed by atoms with Gasteiger partial charge in [0.2, 0.25) is 11.8 Å². The minimum Gasteiger partial charge on any atom is -0.507 e. The highest BCUT2D eigenvalue weighted by atomic mass is 16.5. The Kier molecular flexibility index (Phi) is 5.50. The molecule has 0 aromatic heterocycles. The summed E-state index contributed by atoms with van der Waals surface area (Å²) in [5, 5.41) is 23.2. The first-order chi connectivity index (χ1) is 17.4. The number of nitrogens with zero attached hydrogens (tertiary/aromatic N) is 1. The van der Waals surface area contributed by atoms with Crippen molar-refractivity contribution in [3.63, 3.8) is 0 Å². The summed E-state index contributed by atoms with van der Waals surface area (Å²) in [4.78, 5) is 28.8. The summed E-state index contributed by atoms with van der Waals surface area (Å²) >= 11 is 0. The topological polar surface area (TPSA) is 87.1 Å². The van der Waals surface area contributed by atoms with Gasteiger partial charge >= 0.3 is 7.12 Å². The van der Waals surface area contributed by atoms with Crippen molar-refractivity contribution in [1.29, 1.82) is 0 Å². The number of anilines is 1. The van der Waals surface area contributed by atoms with Gasteiger partial charge in [0, 0.05) is 5.39 Å². The van der Waals surface area contributed by atoms with Gasteiger partial charge in [0.05, 0.1) is 23.6 Å². The fourth-order valence-electron chi connectivity index (χ4n) is 6.52. The summed E-state index contributed by atoms with van der Waals surface area (Å²) in [6.07, 6.45) is 0.440. The maximum atomic E-state index is 13.8. The zero-order chi connectivity index (χ0) is 25.1. The Balaban J connectivity index is 1.45. The lowest BCUT2D eigenvalue weighted by atomic mass is 9.54. The molecule has 1 aliphatic carbocycles. The Morgan fingerprint density at radius 2 is 1.61 bits per heavy atom. The molecule has 6 rings (SSSR count). The largest absolute Gasteiger partial charge is 0.507 e. The van der Waals surface area contributed by atoms with Crippen LogP contribution in [-0.4, -0.2) is 29.1 Å². The zero-order valence-corrected chi connectivity index (χ0v) is 20.3. The predicted molar refractivity (Wildman–Crippen MR) is 138 cm³/mol. The Bertz CT molecular complexity index is 1400. The van der Waals surface area contributed by atoms with Crippen molar-refractivity contribution in [3.8, 4) is 5.75 Å². The van der Waals surface area contributed by atoms with Crippen LogP contribution < -0.4 is 4.90 Å². The summed E-state index contributed by atoms with van der Waals surface area (Å²) in [6.45, 7) is 4.12. The van der Waals surface area contributed by atoms with Crippen LogP contribution in [0.1, 0.15) is 38.4 Å². The van der Waals surface area contributed by atoms with Gasteiger partial charge in [0.25, 0.3) is 0 Å². The van der Waals surface area contributed by atoms with Gasteiger partial charge in [-0.25, -0.2) is 0 Å². The molecule has 2 aliphatic heterocycles. The van der Waals surface area contributed by atoms with Gasteiger partial charge in [-0.05, 0) is 59.3 Å². The molecule has 7 heteroatoms. The molecule has 6 nitrogen and oxygen atoms in total. The van der Waals surface area contributed by atoms with Gasteiger partial charge in [-0.1, -0.05) is 68.0 Å². The number of imide groups is 1. The molecule has 0 spiro atoms. The number of para-hydroxylation sites is 1. The van der Waals surface area contributed by atoms with Crippen LogP contribution in [-0.2, 0) is 14.2 Å². The number of carbonyl (C=O) groups excluding carboxylic acids is 2. The van der Waals surface area contributed by atoms with E-state index in [1.165, 1.54) is 4.90 Å². The van der Waals surface area contributed by atoms with E-state index in [1.807, 2.05) is 48.5 Å². The number of fused-ring (bicyclic) bond motifs is 4. The summed E-state index contributed by atoms with van der Waals surface area (Å²) < 4.78 is 6.20. The van der Waals surface area contributed by atoms with E-state index in [-0.39, 0.29) is 29.4 Å². The Morgan fingerprint density at radius 3 is 2.33 bits per heavy atom. The number of benzene rings is 3. The first kappa shape index (κ1) is 23.0. The number of phenolic OH excluding ortho intramolecular Hbond substituents is 1. The third kappa shape index (κ3) is 3.41. The molecule has 36 heavy (non-hydrogen) atoms. The van der Waals surface area contributed by atoms with Crippen molar-refractivity contribution >= 4 is 35.4 Å². The highest BCUT2D eigenvalue weighted by Gasteiger charge is 2.58. The third-order valence-corrected chi connectivity index (χ3v) is 8.14. The second-order valence-corrected chi connectivity index (χ2v) is 10.4. The fraction of sp³-hybridized carbons (Fsp3) is 0.310. The summed E-state index contributed by atoms with van der Waals surface area (Å²) in [7, 11) is -1.16. The van der Waals surface area contributed by atoms with Gasteiger partial charge in [-0.3, -0.25) is 14.5 Å². The van der Waals surface area contributed by atoms with Crippen LogP contribution in [0.15, 0.2) is 77.8 Å². The molecule has 3 aliphatic rings. The van der Waals surface area contributed by atoms with E-state index in [0.29, 0.717) is 23.9 Å². The minimum atomic E-state index is -1.16. The molecule has 2 saturated heterocycles. The maximum absolute atomic E-state index is 13.8. The average molecular weight is 481 g/mol. The molecule has 0 unspecified atom stereocenters. The fourth-order valence-corrected chi connectivity index (χ4v) is 6.52. The molecule has 2 amide bonds. The van der Waals surface area contributed by atoms with Crippen molar-refractivity contribution < 1.29 is 24.4 Å². The minimum absolute atomic E-state index is 0.112. The first-order valence-corrected chi connectivity index (χ1v) is 12.6. The van der Waals surface area contributed by atoms with Crippen molar-refractivity contribution in [2.75, 3.05) is 4.90 Å². The predicted octanol–water partition coefficient (Wildman–Crippen LogP) is 4.80. The van der Waals surface area contributed by atoms with Crippen molar-refractivity contribution in [1.82, 2.24) is 0 Å². The molecular formula is C29H28BNO5. The van der Waals surface area contributed by atoms with Crippen molar-refractivity contribution in [2.45, 2.75) is 32.8 Å². The van der Waals surface area contributed by atoms with Crippen molar-refractivity contribution in [3.05, 3.63) is 83.3 Å². The second-order valence-electron chi connectivity index (χ2n) is 10.4. The summed E-state index contributed by atoms with van der Waals surface area (Å²) in [5.74, 6) is -1.38. The molecule has 2 heterocycles. The van der Waals surface area contributed by atoms with Gasteiger partial charge in [0.1, 0.15) is 5.75 Å². The third-order valence-electron chi connectivity index (χ3n) is 8.14. The molecule has 0 saturated carbocycles. The van der Waals surface area contributed by atoms with E-state index in [2.05, 4.69) is 13.8 Å². The number of amides is 2. The molecule has 0 bridgehead atoms. The van der Waals surface area contributed by atoms with E-state index < -0.39 is 25.1 Å². The monoisotopic (exact) mass is 481 g/mol. The molecule has 182 valence electrons. The number of hydrogen-bond donors (Lipinski definition) is 2. The van der Waals surface area contributed by atoms with Gasteiger partial charge in [-0.2, -0.15) is 0 Å². The summed E-state index contributed by atoms with van der Waals surface area (Å²) in [6, 6.07) is 20.1. The van der Waals surface area contributed by atoms with E-state index in [4.69, 9.17) is 4.65 Å². The summed E-state index contributed by atoms with van der Waals surface area (Å²) in [5.41, 5.74) is 3.22. The average Bonchev–Trinajstić information content (AvgIpc) is 3.14. The number of aromatic hydroxyl groups is 1. The molecular weight excluding hydrogens is 453 g/mol. The molecule has 4 atom stereocenters. The van der Waals surface area contributed by atoms with E-state index >= 15 is 0 Å². The van der Waals surface area contributed by atoms with Gasteiger partial charge in [-0.15, -0.1) is 0 Å². The number of carbonyl (C=O) groups is 2. The van der Waals surface area contributed by atoms with Crippen LogP contribution in [0.2, 0.25) is 0 Å². The van der Waals surface area contributed by atoms with Crippen LogP contribution in [0.4, 0.5) is 5.69 Å². The molecule has 3 aromatic carbocycles. The molecule has 2 N–H and O–H groups in total. The number of phenols is 1. The van der Waals surface area contributed by atoms with E-state index in [1.54, 1.807) is 18.2 Å². The van der Waals surface area contributed by atoms with E-state index in [0.717, 1.165) is 22.0 Å². The Morgan fingerprint density at radius 1 is 0.917 bits per heavy atom. The SMILES string of the molecule is CC(C)C1=C2B(O)O[C@H](c3ccc(O)c4ccccc34)C[C@H]2[C@H]2C(=O)N(c3ccccc3)C(=O)[C@H]2C1. The highest BCUT2D eigenvalue weighted by molar-refractivity contribution is 6.53. The van der Waals surface area contributed by atoms with Crippen LogP contribution in [0, 0.1) is 23.7 Å². The lowest BCUT2D eigenvalue weighted by Crippen LogP contribution is -2.45. The van der Waals surface area contributed by atoms with Crippen molar-refractivity contribution in [2.24, 2.45) is 23.7 Å². The Hall–Kier alpha value is -3.42.